The fraction of sp³-hybridized carbons (Fsp3) is 0.529. The van der Waals surface area contributed by atoms with E-state index in [9.17, 15) is 18.4 Å². The quantitative estimate of drug-likeness (QED) is 0.819. The van der Waals surface area contributed by atoms with Crippen molar-refractivity contribution >= 4 is 11.8 Å². The van der Waals surface area contributed by atoms with Gasteiger partial charge in [0.05, 0.1) is 12.5 Å². The van der Waals surface area contributed by atoms with Gasteiger partial charge in [0.25, 0.3) is 0 Å². The molecule has 1 aliphatic carbocycles. The summed E-state index contributed by atoms with van der Waals surface area (Å²) in [5.41, 5.74) is 0.188. The summed E-state index contributed by atoms with van der Waals surface area (Å²) >= 11 is 0. The zero-order chi connectivity index (χ0) is 17.1. The molecule has 0 aromatic heterocycles. The molecule has 0 radical (unpaired) electrons. The minimum Gasteiger partial charge on any atom is -0.356 e. The zero-order valence-corrected chi connectivity index (χ0v) is 13.4. The highest BCUT2D eigenvalue weighted by Crippen LogP contribution is 2.27. The van der Waals surface area contributed by atoms with Crippen molar-refractivity contribution in [1.29, 1.82) is 0 Å². The average molecular weight is 337 g/mol. The summed E-state index contributed by atoms with van der Waals surface area (Å²) in [5, 5.41) is 5.57. The molecule has 2 aliphatic rings. The summed E-state index contributed by atoms with van der Waals surface area (Å²) in [6.45, 7) is 1.65. The van der Waals surface area contributed by atoms with Crippen LogP contribution in [0.1, 0.15) is 24.8 Å². The molecule has 5 nitrogen and oxygen atoms in total. The Hall–Kier alpha value is -2.02. The van der Waals surface area contributed by atoms with Crippen molar-refractivity contribution in [2.75, 3.05) is 19.6 Å². The van der Waals surface area contributed by atoms with Gasteiger partial charge in [0.1, 0.15) is 0 Å². The van der Waals surface area contributed by atoms with E-state index in [2.05, 4.69) is 10.6 Å². The molecule has 2 N–H and O–H groups in total. The van der Waals surface area contributed by atoms with Gasteiger partial charge in [-0.15, -0.1) is 0 Å². The van der Waals surface area contributed by atoms with Gasteiger partial charge in [-0.05, 0) is 24.8 Å². The maximum Gasteiger partial charge on any atom is 0.237 e. The van der Waals surface area contributed by atoms with Crippen molar-refractivity contribution in [3.8, 4) is 0 Å². The minimum atomic E-state index is -0.910. The van der Waals surface area contributed by atoms with Crippen LogP contribution < -0.4 is 10.6 Å². The van der Waals surface area contributed by atoms with Crippen LogP contribution in [0.15, 0.2) is 18.2 Å². The lowest BCUT2D eigenvalue weighted by Gasteiger charge is -2.34. The van der Waals surface area contributed by atoms with Gasteiger partial charge in [-0.2, -0.15) is 0 Å². The molecule has 130 valence electrons. The topological polar surface area (TPSA) is 61.4 Å². The van der Waals surface area contributed by atoms with Gasteiger partial charge < -0.3 is 10.6 Å². The van der Waals surface area contributed by atoms with Crippen molar-refractivity contribution in [2.45, 2.75) is 31.8 Å². The first-order valence-electron chi connectivity index (χ1n) is 8.26. The number of nitrogens with one attached hydrogen (secondary N) is 2. The van der Waals surface area contributed by atoms with Crippen molar-refractivity contribution in [1.82, 2.24) is 15.5 Å². The van der Waals surface area contributed by atoms with Crippen molar-refractivity contribution in [2.24, 2.45) is 5.92 Å². The highest BCUT2D eigenvalue weighted by atomic mass is 19.2. The van der Waals surface area contributed by atoms with E-state index in [1.54, 1.807) is 4.90 Å². The van der Waals surface area contributed by atoms with E-state index < -0.39 is 17.7 Å². The Balaban J connectivity index is 1.65. The molecule has 24 heavy (non-hydrogen) atoms. The number of piperazine rings is 1. The Morgan fingerprint density at radius 1 is 1.33 bits per heavy atom. The molecule has 7 heteroatoms. The van der Waals surface area contributed by atoms with E-state index in [1.165, 1.54) is 12.1 Å². The number of rotatable bonds is 6. The highest BCUT2D eigenvalue weighted by Gasteiger charge is 2.32. The molecule has 1 aliphatic heterocycles. The molecule has 2 fully saturated rings. The van der Waals surface area contributed by atoms with Crippen LogP contribution in [-0.4, -0.2) is 42.4 Å². The third-order valence-electron chi connectivity index (χ3n) is 4.51. The second kappa shape index (κ2) is 7.25. The lowest BCUT2D eigenvalue weighted by Crippen LogP contribution is -2.56. The molecule has 1 saturated heterocycles. The van der Waals surface area contributed by atoms with E-state index in [4.69, 9.17) is 0 Å². The summed E-state index contributed by atoms with van der Waals surface area (Å²) in [7, 11) is 0. The van der Waals surface area contributed by atoms with Crippen LogP contribution in [0.25, 0.3) is 0 Å². The monoisotopic (exact) mass is 337 g/mol. The van der Waals surface area contributed by atoms with Crippen LogP contribution in [0.2, 0.25) is 0 Å². The van der Waals surface area contributed by atoms with Gasteiger partial charge >= 0.3 is 0 Å². The number of benzene rings is 1. The number of hydrogen-bond donors (Lipinski definition) is 2. The number of carbonyl (C=O) groups excluding carboxylic acids is 2. The molecule has 1 atom stereocenters. The van der Waals surface area contributed by atoms with Crippen LogP contribution in [0.3, 0.4) is 0 Å². The van der Waals surface area contributed by atoms with Gasteiger partial charge in [0, 0.05) is 31.7 Å². The molecule has 1 heterocycles. The number of nitrogens with zero attached hydrogens (tertiary/aromatic N) is 1. The summed E-state index contributed by atoms with van der Waals surface area (Å²) in [6, 6.07) is 3.33. The van der Waals surface area contributed by atoms with Gasteiger partial charge in [0.15, 0.2) is 11.6 Å². The third kappa shape index (κ3) is 4.08. The van der Waals surface area contributed by atoms with E-state index in [1.807, 2.05) is 0 Å². The molecular weight excluding hydrogens is 316 g/mol. The Labute approximate surface area is 139 Å². The average Bonchev–Trinajstić information content (AvgIpc) is 3.37. The predicted octanol–water partition coefficient (Wildman–Crippen LogP) is 1.18. The number of halogens is 2. The largest absolute Gasteiger partial charge is 0.356 e. The molecule has 3 rings (SSSR count). The molecule has 1 saturated carbocycles. The second-order valence-corrected chi connectivity index (χ2v) is 6.44. The maximum absolute atomic E-state index is 13.9. The highest BCUT2D eigenvalue weighted by molar-refractivity contribution is 5.88. The van der Waals surface area contributed by atoms with E-state index in [0.29, 0.717) is 25.6 Å². The molecule has 1 aromatic rings. The Morgan fingerprint density at radius 2 is 2.12 bits per heavy atom. The Bertz CT molecular complexity index is 634. The fourth-order valence-corrected chi connectivity index (χ4v) is 2.89. The van der Waals surface area contributed by atoms with E-state index in [0.717, 1.165) is 18.9 Å². The normalized spacial score (nSPS) is 21.4. The molecule has 2 amide bonds. The molecule has 1 aromatic carbocycles. The summed E-state index contributed by atoms with van der Waals surface area (Å²) in [6.07, 6.45) is 2.29. The van der Waals surface area contributed by atoms with Crippen molar-refractivity contribution in [3.63, 3.8) is 0 Å². The summed E-state index contributed by atoms with van der Waals surface area (Å²) in [5.74, 6) is -1.69. The van der Waals surface area contributed by atoms with E-state index in [-0.39, 0.29) is 30.3 Å². The lowest BCUT2D eigenvalue weighted by atomic mass is 10.1. The maximum atomic E-state index is 13.9. The first-order valence-corrected chi connectivity index (χ1v) is 8.26. The van der Waals surface area contributed by atoms with Gasteiger partial charge in [0.2, 0.25) is 11.8 Å². The van der Waals surface area contributed by atoms with Gasteiger partial charge in [-0.3, -0.25) is 14.5 Å². The van der Waals surface area contributed by atoms with Gasteiger partial charge in [-0.1, -0.05) is 12.1 Å². The van der Waals surface area contributed by atoms with Crippen LogP contribution in [-0.2, 0) is 16.1 Å². The minimum absolute atomic E-state index is 0.0233. The van der Waals surface area contributed by atoms with Crippen molar-refractivity contribution in [3.05, 3.63) is 35.4 Å². The molecule has 1 unspecified atom stereocenters. The predicted molar refractivity (Wildman–Crippen MR) is 83.9 cm³/mol. The number of amides is 2. The fourth-order valence-electron chi connectivity index (χ4n) is 2.89. The number of carbonyl (C=O) groups is 2. The van der Waals surface area contributed by atoms with E-state index >= 15 is 0 Å². The second-order valence-electron chi connectivity index (χ2n) is 6.44. The summed E-state index contributed by atoms with van der Waals surface area (Å²) < 4.78 is 27.2. The smallest absolute Gasteiger partial charge is 0.237 e. The van der Waals surface area contributed by atoms with Gasteiger partial charge in [-0.25, -0.2) is 8.78 Å². The standard InChI is InChI=1S/C17H21F2N3O2/c18-13-3-1-2-12(16(13)19)10-22-7-6-20-17(24)14(22)8-15(23)21-9-11-4-5-11/h1-3,11,14H,4-10H2,(H,20,24)(H,21,23). The third-order valence-corrected chi connectivity index (χ3v) is 4.51. The molecular formula is C17H21F2N3O2. The molecule has 0 bridgehead atoms. The van der Waals surface area contributed by atoms with Crippen LogP contribution in [0.4, 0.5) is 8.78 Å². The zero-order valence-electron chi connectivity index (χ0n) is 13.4. The molecule has 0 spiro atoms. The lowest BCUT2D eigenvalue weighted by molar-refractivity contribution is -0.134. The Morgan fingerprint density at radius 3 is 2.88 bits per heavy atom. The van der Waals surface area contributed by atoms with Crippen LogP contribution in [0, 0.1) is 17.6 Å². The first-order chi connectivity index (χ1) is 11.5. The first kappa shape index (κ1) is 16.8. The summed E-state index contributed by atoms with van der Waals surface area (Å²) in [4.78, 5) is 25.9. The van der Waals surface area contributed by atoms with Crippen molar-refractivity contribution < 1.29 is 18.4 Å². The number of hydrogen-bond acceptors (Lipinski definition) is 3. The SMILES string of the molecule is O=C(CC1C(=O)NCCN1Cc1cccc(F)c1F)NCC1CC1. The van der Waals surface area contributed by atoms with Crippen LogP contribution in [0.5, 0.6) is 0 Å². The Kier molecular flexibility index (Phi) is 5.08. The van der Waals surface area contributed by atoms with Crippen LogP contribution >= 0.6 is 0 Å².